The van der Waals surface area contributed by atoms with Crippen molar-refractivity contribution in [3.63, 3.8) is 0 Å². The molecule has 11 heteroatoms. The van der Waals surface area contributed by atoms with Crippen molar-refractivity contribution in [3.8, 4) is 22.4 Å². The summed E-state index contributed by atoms with van der Waals surface area (Å²) in [4.78, 5) is 31.8. The molecular weight excluding hydrogens is 908 g/mol. The molecule has 0 radical (unpaired) electrons. The molecule has 402 valence electrons. The molecule has 2 aromatic heterocycles. The number of aryl methyl sites for hydroxylation is 1. The second-order valence-electron chi connectivity index (χ2n) is 20.7. The maximum Gasteiger partial charge on any atom is 0.240 e. The Morgan fingerprint density at radius 3 is 2.19 bits per heavy atom. The molecule has 2 aromatic carbocycles. The SMILES string of the molecule is C=CC=C.C=CCCC(C)(C)Cc1c(-c2cccnc2C(C)CC)n(CC)c2ccc(-c3cccc(CC(C=C)C(C)N4CCCC(=C)N4)c3)cc12.CC(C)C(C(N)=O)N(C)C(=O)CCCN(C)C(C)N.CF. The van der Waals surface area contributed by atoms with Crippen molar-refractivity contribution in [2.24, 2.45) is 28.7 Å². The van der Waals surface area contributed by atoms with Crippen molar-refractivity contribution >= 4 is 22.7 Å². The second kappa shape index (κ2) is 31.9. The van der Waals surface area contributed by atoms with E-state index in [9.17, 15) is 14.0 Å². The van der Waals surface area contributed by atoms with Crippen LogP contribution in [0.1, 0.15) is 130 Å². The van der Waals surface area contributed by atoms with Crippen LogP contribution in [0.25, 0.3) is 33.3 Å². The van der Waals surface area contributed by atoms with Gasteiger partial charge in [-0.3, -0.25) is 23.9 Å². The zero-order valence-corrected chi connectivity index (χ0v) is 47.2. The van der Waals surface area contributed by atoms with Gasteiger partial charge in [0.1, 0.15) is 6.04 Å². The molecule has 0 bridgehead atoms. The number of carbonyl (C=O) groups is 2. The van der Waals surface area contributed by atoms with Gasteiger partial charge in [-0.05, 0) is 155 Å². The lowest BCUT2D eigenvalue weighted by atomic mass is 9.80. The first-order chi connectivity index (χ1) is 34.7. The fourth-order valence-electron chi connectivity index (χ4n) is 9.58. The highest BCUT2D eigenvalue weighted by Gasteiger charge is 2.30. The highest BCUT2D eigenvalue weighted by molar-refractivity contribution is 5.95. The highest BCUT2D eigenvalue weighted by atomic mass is 19.1. The lowest BCUT2D eigenvalue weighted by molar-refractivity contribution is -0.139. The van der Waals surface area contributed by atoms with Gasteiger partial charge in [-0.15, -0.1) is 13.2 Å². The minimum Gasteiger partial charge on any atom is -0.368 e. The topological polar surface area (TPSA) is 126 Å². The van der Waals surface area contributed by atoms with Crippen molar-refractivity contribution in [2.75, 3.05) is 34.4 Å². The molecule has 0 aliphatic carbocycles. The van der Waals surface area contributed by atoms with E-state index >= 15 is 0 Å². The molecule has 0 saturated carbocycles. The van der Waals surface area contributed by atoms with E-state index in [0.717, 1.165) is 70.3 Å². The summed E-state index contributed by atoms with van der Waals surface area (Å²) in [7, 11) is 4.05. The van der Waals surface area contributed by atoms with Gasteiger partial charge in [0.15, 0.2) is 0 Å². The number of allylic oxidation sites excluding steroid dienone is 4. The zero-order chi connectivity index (χ0) is 55.0. The van der Waals surface area contributed by atoms with Crippen LogP contribution in [0.3, 0.4) is 0 Å². The smallest absolute Gasteiger partial charge is 0.240 e. The number of fused-ring (bicyclic) bond motifs is 1. The van der Waals surface area contributed by atoms with Crippen LogP contribution < -0.4 is 16.9 Å². The molecule has 1 aliphatic rings. The number of nitrogens with two attached hydrogens (primary N) is 2. The molecule has 3 heterocycles. The van der Waals surface area contributed by atoms with Gasteiger partial charge in [-0.2, -0.15) is 0 Å². The Bertz CT molecular complexity index is 2380. The number of pyridine rings is 1. The number of nitrogens with zero attached hydrogens (tertiary/aromatic N) is 5. The van der Waals surface area contributed by atoms with Gasteiger partial charge >= 0.3 is 0 Å². The van der Waals surface area contributed by atoms with Gasteiger partial charge < -0.3 is 26.4 Å². The van der Waals surface area contributed by atoms with E-state index in [1.807, 2.05) is 38.9 Å². The van der Waals surface area contributed by atoms with Crippen LogP contribution >= 0.6 is 0 Å². The Morgan fingerprint density at radius 2 is 1.63 bits per heavy atom. The maximum atomic E-state index is 12.0. The highest BCUT2D eigenvalue weighted by Crippen LogP contribution is 2.43. The van der Waals surface area contributed by atoms with Gasteiger partial charge in [0, 0.05) is 61.0 Å². The maximum absolute atomic E-state index is 12.0. The minimum absolute atomic E-state index is 0.0122. The van der Waals surface area contributed by atoms with Crippen molar-refractivity contribution in [2.45, 2.75) is 151 Å². The molecule has 1 aliphatic heterocycles. The van der Waals surface area contributed by atoms with Crippen molar-refractivity contribution < 1.29 is 14.0 Å². The fourth-order valence-corrected chi connectivity index (χ4v) is 9.58. The molecule has 2 amide bonds. The number of primary amides is 1. The minimum atomic E-state index is -0.543. The van der Waals surface area contributed by atoms with Crippen LogP contribution in [0.5, 0.6) is 0 Å². The molecule has 5 unspecified atom stereocenters. The van der Waals surface area contributed by atoms with Crippen LogP contribution in [0.15, 0.2) is 124 Å². The second-order valence-corrected chi connectivity index (χ2v) is 20.7. The third-order valence-corrected chi connectivity index (χ3v) is 14.2. The molecule has 1 fully saturated rings. The number of likely N-dealkylation sites (N-methyl/N-ethyl adjacent to an activating group) is 1. The van der Waals surface area contributed by atoms with Gasteiger partial charge in [0.05, 0.1) is 24.7 Å². The Balaban J connectivity index is 0.000000609. The molecule has 4 aromatic rings. The monoisotopic (exact) mass is 1000 g/mol. The zero-order valence-electron chi connectivity index (χ0n) is 47.2. The van der Waals surface area contributed by atoms with Crippen LogP contribution in [0, 0.1) is 17.3 Å². The quantitative estimate of drug-likeness (QED) is 0.0363. The van der Waals surface area contributed by atoms with Crippen molar-refractivity contribution in [1.82, 2.24) is 29.8 Å². The fraction of sp³-hybridized carbons (Fsp3) is 0.500. The molecule has 73 heavy (non-hydrogen) atoms. The van der Waals surface area contributed by atoms with Crippen LogP contribution in [-0.2, 0) is 29.0 Å². The molecule has 5 N–H and O–H groups in total. The summed E-state index contributed by atoms with van der Waals surface area (Å²) in [6.07, 6.45) is 17.8. The number of benzene rings is 2. The van der Waals surface area contributed by atoms with E-state index in [1.54, 1.807) is 19.2 Å². The average Bonchev–Trinajstić information content (AvgIpc) is 3.68. The first kappa shape index (κ1) is 63.5. The average molecular weight is 1000 g/mol. The number of aromatic nitrogens is 2. The number of halogens is 1. The summed E-state index contributed by atoms with van der Waals surface area (Å²) < 4.78 is 12.0. The third kappa shape index (κ3) is 18.7. The van der Waals surface area contributed by atoms with Gasteiger partial charge in [-0.1, -0.05) is 116 Å². The summed E-state index contributed by atoms with van der Waals surface area (Å²) in [5.74, 6) is 0.203. The van der Waals surface area contributed by atoms with Crippen LogP contribution in [0.4, 0.5) is 4.39 Å². The number of nitrogens with one attached hydrogen (secondary N) is 1. The first-order valence-electron chi connectivity index (χ1n) is 26.5. The van der Waals surface area contributed by atoms with Crippen LogP contribution in [0.2, 0.25) is 0 Å². The summed E-state index contributed by atoms with van der Waals surface area (Å²) in [6.45, 7) is 41.5. The van der Waals surface area contributed by atoms with Gasteiger partial charge in [0.2, 0.25) is 11.8 Å². The van der Waals surface area contributed by atoms with E-state index in [1.165, 1.54) is 55.0 Å². The van der Waals surface area contributed by atoms with Crippen LogP contribution in [-0.4, -0.2) is 88.8 Å². The molecule has 0 spiro atoms. The summed E-state index contributed by atoms with van der Waals surface area (Å²) >= 11 is 0. The predicted molar refractivity (Wildman–Crippen MR) is 310 cm³/mol. The van der Waals surface area contributed by atoms with Gasteiger partial charge in [0.25, 0.3) is 0 Å². The lowest BCUT2D eigenvalue weighted by Gasteiger charge is -2.38. The van der Waals surface area contributed by atoms with Crippen molar-refractivity contribution in [3.05, 3.63) is 141 Å². The van der Waals surface area contributed by atoms with E-state index in [2.05, 4.69) is 156 Å². The summed E-state index contributed by atoms with van der Waals surface area (Å²) in [5.41, 5.74) is 26.2. The largest absolute Gasteiger partial charge is 0.368 e. The summed E-state index contributed by atoms with van der Waals surface area (Å²) in [5, 5.41) is 3.70. The number of hydrogen-bond acceptors (Lipinski definition) is 7. The number of amides is 2. The Morgan fingerprint density at radius 1 is 0.959 bits per heavy atom. The molecule has 10 nitrogen and oxygen atoms in total. The molecule has 5 atom stereocenters. The number of hydrogen-bond donors (Lipinski definition) is 3. The van der Waals surface area contributed by atoms with Crippen molar-refractivity contribution in [1.29, 1.82) is 0 Å². The third-order valence-electron chi connectivity index (χ3n) is 14.2. The summed E-state index contributed by atoms with van der Waals surface area (Å²) in [6, 6.07) is 20.5. The van der Waals surface area contributed by atoms with E-state index < -0.39 is 11.9 Å². The Labute approximate surface area is 441 Å². The normalized spacial score (nSPS) is 14.7. The lowest BCUT2D eigenvalue weighted by Crippen LogP contribution is -2.49. The predicted octanol–water partition coefficient (Wildman–Crippen LogP) is 13.2. The van der Waals surface area contributed by atoms with E-state index in [4.69, 9.17) is 16.5 Å². The first-order valence-corrected chi connectivity index (χ1v) is 26.5. The number of hydrazine groups is 1. The standard InChI is InChI=1S/C44H58N4.C13H28N4O2.C4H6.CH3F/c1-10-14-24-44(8,9)30-40-39-29-37(22-23-41(39)47(13-4)43(40)38-21-16-25-45-42(38)31(5)11-2)36-20-15-19-34(28-36)27-35(12-3)33(7)48-26-17-18-32(6)46-48;1-9(2)12(13(15)19)17(5)11(18)7-6-8-16(4)10(3)14;1-3-4-2;1-2/h10,12,15-16,19-23,25,28-29,31,33,35,46H,1,3,6,11,13-14,17-18,24,26-27,30H2,2,4-5,7-9H3;9-10,12H,6-8,14H2,1-5H3,(H2,15,19);3-4H,1-2H2;1H3. The number of carbonyl (C=O) groups excluding carboxylic acids is 2. The Kier molecular flexibility index (Phi) is 27.7. The molecule has 5 rings (SSSR count). The molecule has 1 saturated heterocycles. The molecular formula is C62H95FN8O2. The number of rotatable bonds is 24. The number of alkyl halides is 1. The van der Waals surface area contributed by atoms with E-state index in [0.29, 0.717) is 37.9 Å². The van der Waals surface area contributed by atoms with Gasteiger partial charge in [-0.25, -0.2) is 5.01 Å². The van der Waals surface area contributed by atoms with E-state index in [-0.39, 0.29) is 23.4 Å². The Hall–Kier alpha value is -5.62.